The minimum absolute atomic E-state index is 0.0602. The molecule has 0 spiro atoms. The number of halogens is 1. The molecule has 3 aromatic rings. The van der Waals surface area contributed by atoms with Gasteiger partial charge in [0.15, 0.2) is 5.82 Å². The van der Waals surface area contributed by atoms with Gasteiger partial charge >= 0.3 is 0 Å². The average Bonchev–Trinajstić information content (AvgIpc) is 3.27. The van der Waals surface area contributed by atoms with E-state index in [0.717, 1.165) is 22.3 Å². The maximum absolute atomic E-state index is 12.6. The number of ether oxygens (including phenoxy) is 1. The van der Waals surface area contributed by atoms with Crippen molar-refractivity contribution in [1.82, 2.24) is 25.5 Å². The van der Waals surface area contributed by atoms with Crippen LogP contribution in [0.4, 0.5) is 0 Å². The molecule has 1 fully saturated rings. The Morgan fingerprint density at radius 2 is 2.16 bits per heavy atom. The lowest BCUT2D eigenvalue weighted by molar-refractivity contribution is 0.0924. The van der Waals surface area contributed by atoms with Crippen LogP contribution in [-0.4, -0.2) is 45.3 Å². The van der Waals surface area contributed by atoms with Crippen LogP contribution in [0.3, 0.4) is 0 Å². The van der Waals surface area contributed by atoms with Crippen LogP contribution >= 0.6 is 11.6 Å². The molecule has 1 aliphatic rings. The standard InChI is InChI=1S/C17H18ClN5O2/c1-8-3-10-4-14(20-13(10)5-12(8)18)17(24)21-15-7-25-6-11(15)16-19-9(2)22-23-16/h3-5,11,15,20H,6-7H2,1-2H3,(H,21,24)(H,19,22,23)/t11-,15+/m1/s1. The van der Waals surface area contributed by atoms with Crippen LogP contribution in [0.15, 0.2) is 18.2 Å². The summed E-state index contributed by atoms with van der Waals surface area (Å²) in [5.74, 6) is 1.17. The van der Waals surface area contributed by atoms with Crippen LogP contribution in [0.25, 0.3) is 10.9 Å². The fourth-order valence-electron chi connectivity index (χ4n) is 3.11. The van der Waals surface area contributed by atoms with Gasteiger partial charge in [-0.2, -0.15) is 5.10 Å². The van der Waals surface area contributed by atoms with Crippen LogP contribution < -0.4 is 5.32 Å². The number of nitrogens with zero attached hydrogens (tertiary/aromatic N) is 2. The first kappa shape index (κ1) is 16.1. The number of hydrogen-bond acceptors (Lipinski definition) is 4. The van der Waals surface area contributed by atoms with Gasteiger partial charge in [-0.1, -0.05) is 11.6 Å². The molecule has 1 aliphatic heterocycles. The normalized spacial score (nSPS) is 20.3. The van der Waals surface area contributed by atoms with E-state index in [1.165, 1.54) is 0 Å². The van der Waals surface area contributed by atoms with Gasteiger partial charge < -0.3 is 15.0 Å². The first-order chi connectivity index (χ1) is 12.0. The molecule has 2 atom stereocenters. The monoisotopic (exact) mass is 359 g/mol. The number of aromatic amines is 2. The molecule has 0 unspecified atom stereocenters. The summed E-state index contributed by atoms with van der Waals surface area (Å²) >= 11 is 6.15. The third-order valence-corrected chi connectivity index (χ3v) is 4.89. The number of fused-ring (bicyclic) bond motifs is 1. The van der Waals surface area contributed by atoms with Crippen molar-refractivity contribution in [2.75, 3.05) is 13.2 Å². The van der Waals surface area contributed by atoms with E-state index in [4.69, 9.17) is 16.3 Å². The van der Waals surface area contributed by atoms with Gasteiger partial charge in [0.2, 0.25) is 0 Å². The van der Waals surface area contributed by atoms with E-state index in [-0.39, 0.29) is 17.9 Å². The van der Waals surface area contributed by atoms with Crippen LogP contribution in [-0.2, 0) is 4.74 Å². The maximum Gasteiger partial charge on any atom is 0.268 e. The van der Waals surface area contributed by atoms with E-state index in [0.29, 0.717) is 29.8 Å². The Hall–Kier alpha value is -2.38. The Morgan fingerprint density at radius 3 is 2.92 bits per heavy atom. The molecule has 1 aromatic carbocycles. The van der Waals surface area contributed by atoms with E-state index in [1.807, 2.05) is 32.0 Å². The Kier molecular flexibility index (Phi) is 3.97. The minimum atomic E-state index is -0.183. The zero-order chi connectivity index (χ0) is 17.6. The highest BCUT2D eigenvalue weighted by atomic mass is 35.5. The molecule has 1 amide bonds. The molecule has 130 valence electrons. The molecule has 25 heavy (non-hydrogen) atoms. The molecule has 4 rings (SSSR count). The summed E-state index contributed by atoms with van der Waals surface area (Å²) in [6, 6.07) is 5.46. The summed E-state index contributed by atoms with van der Waals surface area (Å²) in [5.41, 5.74) is 2.31. The third kappa shape index (κ3) is 3.01. The Balaban J connectivity index is 1.55. The Morgan fingerprint density at radius 1 is 1.32 bits per heavy atom. The second-order valence-electron chi connectivity index (χ2n) is 6.37. The van der Waals surface area contributed by atoms with E-state index in [2.05, 4.69) is 25.5 Å². The smallest absolute Gasteiger partial charge is 0.268 e. The molecule has 2 aromatic heterocycles. The first-order valence-corrected chi connectivity index (χ1v) is 8.45. The second-order valence-corrected chi connectivity index (χ2v) is 6.78. The predicted octanol–water partition coefficient (Wildman–Crippen LogP) is 2.47. The van der Waals surface area contributed by atoms with Gasteiger partial charge in [-0.05, 0) is 37.6 Å². The summed E-state index contributed by atoms with van der Waals surface area (Å²) < 4.78 is 5.52. The number of amides is 1. The van der Waals surface area contributed by atoms with Crippen LogP contribution in [0, 0.1) is 13.8 Å². The van der Waals surface area contributed by atoms with Gasteiger partial charge in [-0.15, -0.1) is 0 Å². The SMILES string of the molecule is Cc1nc([C@@H]2COC[C@@H]2NC(=O)c2cc3cc(C)c(Cl)cc3[nH]2)n[nH]1. The number of benzene rings is 1. The third-order valence-electron chi connectivity index (χ3n) is 4.49. The van der Waals surface area contributed by atoms with E-state index >= 15 is 0 Å². The molecule has 7 nitrogen and oxygen atoms in total. The van der Waals surface area contributed by atoms with Crippen molar-refractivity contribution in [3.63, 3.8) is 0 Å². The van der Waals surface area contributed by atoms with Crippen LogP contribution in [0.1, 0.15) is 33.6 Å². The molecule has 0 radical (unpaired) electrons. The van der Waals surface area contributed by atoms with Crippen molar-refractivity contribution in [1.29, 1.82) is 0 Å². The molecular weight excluding hydrogens is 342 g/mol. The maximum atomic E-state index is 12.6. The molecule has 3 N–H and O–H groups in total. The van der Waals surface area contributed by atoms with Gasteiger partial charge in [-0.25, -0.2) is 4.98 Å². The number of H-pyrrole nitrogens is 2. The second kappa shape index (κ2) is 6.16. The number of aromatic nitrogens is 4. The van der Waals surface area contributed by atoms with Gasteiger partial charge in [0.25, 0.3) is 5.91 Å². The number of aryl methyl sites for hydroxylation is 2. The van der Waals surface area contributed by atoms with Gasteiger partial charge in [0, 0.05) is 15.9 Å². The van der Waals surface area contributed by atoms with Gasteiger partial charge in [0.1, 0.15) is 11.5 Å². The number of hydrogen-bond donors (Lipinski definition) is 3. The van der Waals surface area contributed by atoms with Crippen molar-refractivity contribution in [3.8, 4) is 0 Å². The van der Waals surface area contributed by atoms with Crippen molar-refractivity contribution in [2.45, 2.75) is 25.8 Å². The van der Waals surface area contributed by atoms with Gasteiger partial charge in [-0.3, -0.25) is 9.89 Å². The predicted molar refractivity (Wildman–Crippen MR) is 94.0 cm³/mol. The van der Waals surface area contributed by atoms with Crippen LogP contribution in [0.5, 0.6) is 0 Å². The highest BCUT2D eigenvalue weighted by Crippen LogP contribution is 2.25. The molecule has 0 saturated carbocycles. The van der Waals surface area contributed by atoms with Gasteiger partial charge in [0.05, 0.1) is 25.2 Å². The van der Waals surface area contributed by atoms with Crippen molar-refractivity contribution in [2.24, 2.45) is 0 Å². The van der Waals surface area contributed by atoms with E-state index < -0.39 is 0 Å². The van der Waals surface area contributed by atoms with Crippen molar-refractivity contribution >= 4 is 28.4 Å². The number of rotatable bonds is 3. The van der Waals surface area contributed by atoms with Crippen LogP contribution in [0.2, 0.25) is 5.02 Å². The topological polar surface area (TPSA) is 95.7 Å². The molecule has 8 heteroatoms. The summed E-state index contributed by atoms with van der Waals surface area (Å²) in [7, 11) is 0. The number of carbonyl (C=O) groups is 1. The van der Waals surface area contributed by atoms with Crippen molar-refractivity contribution < 1.29 is 9.53 Å². The van der Waals surface area contributed by atoms with Crippen molar-refractivity contribution in [3.05, 3.63) is 46.1 Å². The van der Waals surface area contributed by atoms with E-state index in [9.17, 15) is 4.79 Å². The molecule has 3 heterocycles. The lowest BCUT2D eigenvalue weighted by atomic mass is 10.0. The number of carbonyl (C=O) groups excluding carboxylic acids is 1. The molecule has 0 aliphatic carbocycles. The lowest BCUT2D eigenvalue weighted by Gasteiger charge is -2.16. The fourth-order valence-corrected chi connectivity index (χ4v) is 3.28. The zero-order valence-electron chi connectivity index (χ0n) is 13.9. The zero-order valence-corrected chi connectivity index (χ0v) is 14.6. The lowest BCUT2D eigenvalue weighted by Crippen LogP contribution is -2.39. The fraction of sp³-hybridized carbons (Fsp3) is 0.353. The molecular formula is C17H18ClN5O2. The Bertz CT molecular complexity index is 909. The summed E-state index contributed by atoms with van der Waals surface area (Å²) in [6.07, 6.45) is 0. The largest absolute Gasteiger partial charge is 0.378 e. The summed E-state index contributed by atoms with van der Waals surface area (Å²) in [4.78, 5) is 20.1. The quantitative estimate of drug-likeness (QED) is 0.669. The number of nitrogens with one attached hydrogen (secondary N) is 3. The summed E-state index contributed by atoms with van der Waals surface area (Å²) in [5, 5.41) is 11.7. The minimum Gasteiger partial charge on any atom is -0.378 e. The van der Waals surface area contributed by atoms with E-state index in [1.54, 1.807) is 0 Å². The first-order valence-electron chi connectivity index (χ1n) is 8.07. The Labute approximate surface area is 149 Å². The molecule has 1 saturated heterocycles. The highest BCUT2D eigenvalue weighted by Gasteiger charge is 2.34. The average molecular weight is 360 g/mol. The molecule has 0 bridgehead atoms. The highest BCUT2D eigenvalue weighted by molar-refractivity contribution is 6.32. The summed E-state index contributed by atoms with van der Waals surface area (Å²) in [6.45, 7) is 4.71.